The summed E-state index contributed by atoms with van der Waals surface area (Å²) in [6, 6.07) is 0. The summed E-state index contributed by atoms with van der Waals surface area (Å²) in [5, 5.41) is 0. The zero-order valence-corrected chi connectivity index (χ0v) is 14.2. The molecule has 0 N–H and O–H groups in total. The van der Waals surface area contributed by atoms with Crippen LogP contribution in [0.2, 0.25) is 0 Å². The molecule has 0 bridgehead atoms. The summed E-state index contributed by atoms with van der Waals surface area (Å²) in [6.45, 7) is 3.85. The molecular formula is C18H26N4O2. The number of likely N-dealkylation sites (tertiary alicyclic amines) is 2. The Morgan fingerprint density at radius 1 is 1.29 bits per heavy atom. The van der Waals surface area contributed by atoms with Gasteiger partial charge in [-0.15, -0.1) is 0 Å². The lowest BCUT2D eigenvalue weighted by atomic mass is 9.78. The van der Waals surface area contributed by atoms with E-state index in [4.69, 9.17) is 0 Å². The molecule has 6 nitrogen and oxygen atoms in total. The predicted octanol–water partition coefficient (Wildman–Crippen LogP) is 1.52. The summed E-state index contributed by atoms with van der Waals surface area (Å²) < 4.78 is 1.92. The Balaban J connectivity index is 1.35. The second kappa shape index (κ2) is 6.22. The molecule has 1 saturated carbocycles. The molecule has 4 rings (SSSR count). The molecule has 0 aromatic carbocycles. The van der Waals surface area contributed by atoms with Gasteiger partial charge in [0.25, 0.3) is 0 Å². The summed E-state index contributed by atoms with van der Waals surface area (Å²) >= 11 is 0. The number of hydrogen-bond donors (Lipinski definition) is 0. The summed E-state index contributed by atoms with van der Waals surface area (Å²) in [6.07, 6.45) is 11.2. The highest BCUT2D eigenvalue weighted by Crippen LogP contribution is 2.41. The third kappa shape index (κ3) is 3.06. The van der Waals surface area contributed by atoms with E-state index >= 15 is 0 Å². The topological polar surface area (TPSA) is 58.4 Å². The van der Waals surface area contributed by atoms with E-state index in [1.165, 1.54) is 12.8 Å². The second-order valence-corrected chi connectivity index (χ2v) is 7.69. The van der Waals surface area contributed by atoms with Crippen molar-refractivity contribution in [3.05, 3.63) is 18.7 Å². The Labute approximate surface area is 142 Å². The molecular weight excluding hydrogens is 304 g/mol. The van der Waals surface area contributed by atoms with E-state index in [2.05, 4.69) is 9.88 Å². The van der Waals surface area contributed by atoms with E-state index < -0.39 is 0 Å². The van der Waals surface area contributed by atoms with Gasteiger partial charge in [-0.2, -0.15) is 0 Å². The average Bonchev–Trinajstić information content (AvgIpc) is 3.09. The molecule has 2 aliphatic heterocycles. The number of rotatable bonds is 5. The fourth-order valence-corrected chi connectivity index (χ4v) is 4.20. The predicted molar refractivity (Wildman–Crippen MR) is 89.0 cm³/mol. The molecule has 0 unspecified atom stereocenters. The average molecular weight is 330 g/mol. The first-order chi connectivity index (χ1) is 11.7. The van der Waals surface area contributed by atoms with Gasteiger partial charge in [0, 0.05) is 51.5 Å². The van der Waals surface area contributed by atoms with Crippen molar-refractivity contribution in [1.82, 2.24) is 19.4 Å². The minimum atomic E-state index is -0.294. The molecule has 1 atom stereocenters. The molecule has 3 fully saturated rings. The molecule has 2 saturated heterocycles. The SMILES string of the molecule is O=C(CCn1ccnc1)N1CC[C@@]2(CCCN(CC3CC3)C2=O)C1. The third-order valence-corrected chi connectivity index (χ3v) is 5.85. The van der Waals surface area contributed by atoms with Crippen molar-refractivity contribution in [2.45, 2.75) is 45.1 Å². The van der Waals surface area contributed by atoms with Crippen molar-refractivity contribution in [3.8, 4) is 0 Å². The van der Waals surface area contributed by atoms with Gasteiger partial charge in [0.1, 0.15) is 0 Å². The quantitative estimate of drug-likeness (QED) is 0.822. The van der Waals surface area contributed by atoms with Crippen LogP contribution in [0.25, 0.3) is 0 Å². The molecule has 6 heteroatoms. The van der Waals surface area contributed by atoms with E-state index in [0.717, 1.165) is 44.8 Å². The van der Waals surface area contributed by atoms with Crippen molar-refractivity contribution >= 4 is 11.8 Å². The van der Waals surface area contributed by atoms with Crippen LogP contribution in [0.15, 0.2) is 18.7 Å². The summed E-state index contributed by atoms with van der Waals surface area (Å²) in [7, 11) is 0. The molecule has 24 heavy (non-hydrogen) atoms. The van der Waals surface area contributed by atoms with E-state index in [0.29, 0.717) is 25.4 Å². The van der Waals surface area contributed by atoms with Crippen LogP contribution in [0.3, 0.4) is 0 Å². The summed E-state index contributed by atoms with van der Waals surface area (Å²) in [5.41, 5.74) is -0.294. The van der Waals surface area contributed by atoms with E-state index in [-0.39, 0.29) is 11.3 Å². The first-order valence-corrected chi connectivity index (χ1v) is 9.19. The van der Waals surface area contributed by atoms with Crippen molar-refractivity contribution in [1.29, 1.82) is 0 Å². The van der Waals surface area contributed by atoms with Crippen LogP contribution in [0.4, 0.5) is 0 Å². The van der Waals surface area contributed by atoms with Crippen LogP contribution in [-0.2, 0) is 16.1 Å². The van der Waals surface area contributed by atoms with E-state index in [9.17, 15) is 9.59 Å². The van der Waals surface area contributed by atoms with Crippen molar-refractivity contribution < 1.29 is 9.59 Å². The molecule has 0 radical (unpaired) electrons. The Morgan fingerprint density at radius 2 is 2.17 bits per heavy atom. The summed E-state index contributed by atoms with van der Waals surface area (Å²) in [5.74, 6) is 1.21. The Bertz CT molecular complexity index is 611. The Kier molecular flexibility index (Phi) is 4.06. The Hall–Kier alpha value is -1.85. The molecule has 130 valence electrons. The lowest BCUT2D eigenvalue weighted by Crippen LogP contribution is -2.51. The van der Waals surface area contributed by atoms with Crippen LogP contribution >= 0.6 is 0 Å². The van der Waals surface area contributed by atoms with Gasteiger partial charge in [-0.05, 0) is 38.0 Å². The van der Waals surface area contributed by atoms with Crippen LogP contribution in [-0.4, -0.2) is 57.3 Å². The van der Waals surface area contributed by atoms with Crippen molar-refractivity contribution in [2.75, 3.05) is 26.2 Å². The molecule has 1 aromatic heterocycles. The molecule has 2 amide bonds. The van der Waals surface area contributed by atoms with Gasteiger partial charge in [-0.1, -0.05) is 0 Å². The first kappa shape index (κ1) is 15.7. The highest BCUT2D eigenvalue weighted by molar-refractivity contribution is 5.86. The molecule has 1 spiro atoms. The lowest BCUT2D eigenvalue weighted by molar-refractivity contribution is -0.146. The number of carbonyl (C=O) groups excluding carboxylic acids is 2. The number of hydrogen-bond acceptors (Lipinski definition) is 3. The van der Waals surface area contributed by atoms with Gasteiger partial charge in [-0.25, -0.2) is 4.98 Å². The third-order valence-electron chi connectivity index (χ3n) is 5.85. The molecule has 1 aromatic rings. The molecule has 3 aliphatic rings. The minimum Gasteiger partial charge on any atom is -0.342 e. The number of aryl methyl sites for hydroxylation is 1. The number of nitrogens with zero attached hydrogens (tertiary/aromatic N) is 4. The highest BCUT2D eigenvalue weighted by atomic mass is 16.2. The fraction of sp³-hybridized carbons (Fsp3) is 0.722. The smallest absolute Gasteiger partial charge is 0.230 e. The Morgan fingerprint density at radius 3 is 2.92 bits per heavy atom. The van der Waals surface area contributed by atoms with Crippen LogP contribution in [0.5, 0.6) is 0 Å². The van der Waals surface area contributed by atoms with Crippen LogP contribution in [0, 0.1) is 11.3 Å². The normalized spacial score (nSPS) is 27.2. The van der Waals surface area contributed by atoms with Gasteiger partial charge >= 0.3 is 0 Å². The highest BCUT2D eigenvalue weighted by Gasteiger charge is 2.49. The number of carbonyl (C=O) groups is 2. The second-order valence-electron chi connectivity index (χ2n) is 7.69. The minimum absolute atomic E-state index is 0.160. The zero-order chi connectivity index (χ0) is 16.6. The van der Waals surface area contributed by atoms with Gasteiger partial charge < -0.3 is 14.4 Å². The van der Waals surface area contributed by atoms with Crippen molar-refractivity contribution in [3.63, 3.8) is 0 Å². The van der Waals surface area contributed by atoms with Gasteiger partial charge in [-0.3, -0.25) is 9.59 Å². The maximum absolute atomic E-state index is 13.0. The number of piperidine rings is 1. The fourth-order valence-electron chi connectivity index (χ4n) is 4.20. The number of imidazole rings is 1. The van der Waals surface area contributed by atoms with Gasteiger partial charge in [0.2, 0.25) is 11.8 Å². The maximum atomic E-state index is 13.0. The number of amides is 2. The maximum Gasteiger partial charge on any atom is 0.230 e. The zero-order valence-electron chi connectivity index (χ0n) is 14.2. The van der Waals surface area contributed by atoms with Gasteiger partial charge in [0.15, 0.2) is 0 Å². The molecule has 3 heterocycles. The first-order valence-electron chi connectivity index (χ1n) is 9.19. The monoisotopic (exact) mass is 330 g/mol. The largest absolute Gasteiger partial charge is 0.342 e. The van der Waals surface area contributed by atoms with Crippen LogP contribution < -0.4 is 0 Å². The van der Waals surface area contributed by atoms with Crippen LogP contribution in [0.1, 0.15) is 38.5 Å². The van der Waals surface area contributed by atoms with Gasteiger partial charge in [0.05, 0.1) is 11.7 Å². The number of aromatic nitrogens is 2. The lowest BCUT2D eigenvalue weighted by Gasteiger charge is -2.39. The molecule has 1 aliphatic carbocycles. The van der Waals surface area contributed by atoms with E-state index in [1.54, 1.807) is 12.5 Å². The van der Waals surface area contributed by atoms with E-state index in [1.807, 2.05) is 15.7 Å². The standard InChI is InChI=1S/C18H26N4O2/c23-16(4-9-20-11-7-19-14-20)22-10-6-18(13-22)5-1-8-21(17(18)24)12-15-2-3-15/h7,11,14-15H,1-6,8-10,12-13H2/t18-/m0/s1. The summed E-state index contributed by atoms with van der Waals surface area (Å²) in [4.78, 5) is 33.5. The van der Waals surface area contributed by atoms with Crippen molar-refractivity contribution in [2.24, 2.45) is 11.3 Å².